The van der Waals surface area contributed by atoms with E-state index < -0.39 is 13.3 Å². The van der Waals surface area contributed by atoms with Gasteiger partial charge in [0, 0.05) is 12.7 Å². The van der Waals surface area contributed by atoms with E-state index in [1.165, 1.54) is 14.2 Å². The van der Waals surface area contributed by atoms with Crippen molar-refractivity contribution in [1.29, 1.82) is 0 Å². The molecule has 1 aromatic carbocycles. The first kappa shape index (κ1) is 13.5. The van der Waals surface area contributed by atoms with Gasteiger partial charge in [-0.1, -0.05) is 24.1 Å². The Bertz CT molecular complexity index is 484. The molecule has 0 fully saturated rings. The second kappa shape index (κ2) is 6.24. The number of hydrogen-bond donors (Lipinski definition) is 0. The topological polar surface area (TPSA) is 52.6 Å². The highest BCUT2D eigenvalue weighted by Crippen LogP contribution is 2.44. The molecule has 5 heteroatoms. The standard InChI is InChI=1S/C12H13O4P/c1-15-12(13)10-17(14,16-2)9-8-11-6-4-3-5-7-11/h3-7H,10H2,1-2H3. The van der Waals surface area contributed by atoms with Gasteiger partial charge in [-0.05, 0) is 17.8 Å². The van der Waals surface area contributed by atoms with Crippen LogP contribution in [0.4, 0.5) is 0 Å². The maximum absolute atomic E-state index is 12.0. The van der Waals surface area contributed by atoms with Crippen LogP contribution in [0.1, 0.15) is 5.56 Å². The Labute approximate surface area is 100 Å². The number of carbonyl (C=O) groups is 1. The molecular weight excluding hydrogens is 239 g/mol. The molecule has 0 aliphatic heterocycles. The maximum atomic E-state index is 12.0. The lowest BCUT2D eigenvalue weighted by molar-refractivity contribution is -0.137. The van der Waals surface area contributed by atoms with Crippen molar-refractivity contribution in [2.45, 2.75) is 0 Å². The molecule has 1 aromatic rings. The van der Waals surface area contributed by atoms with Crippen LogP contribution in [-0.2, 0) is 18.6 Å². The first-order chi connectivity index (χ1) is 8.09. The van der Waals surface area contributed by atoms with Gasteiger partial charge in [-0.3, -0.25) is 9.36 Å². The molecule has 0 spiro atoms. The third kappa shape index (κ3) is 4.44. The fourth-order valence-electron chi connectivity index (χ4n) is 1.06. The Morgan fingerprint density at radius 1 is 1.29 bits per heavy atom. The van der Waals surface area contributed by atoms with Crippen molar-refractivity contribution in [2.75, 3.05) is 20.4 Å². The number of methoxy groups -OCH3 is 1. The predicted octanol–water partition coefficient (Wildman–Crippen LogP) is 2.09. The van der Waals surface area contributed by atoms with Gasteiger partial charge in [-0.25, -0.2) is 0 Å². The van der Waals surface area contributed by atoms with E-state index >= 15 is 0 Å². The van der Waals surface area contributed by atoms with Crippen LogP contribution in [0.25, 0.3) is 0 Å². The fraction of sp³-hybridized carbons (Fsp3) is 0.250. The normalized spacial score (nSPS) is 13.1. The van der Waals surface area contributed by atoms with E-state index in [9.17, 15) is 9.36 Å². The Kier molecular flexibility index (Phi) is 4.96. The molecule has 0 aromatic heterocycles. The molecule has 0 radical (unpaired) electrons. The second-order valence-corrected chi connectivity index (χ2v) is 5.44. The average Bonchev–Trinajstić information content (AvgIpc) is 2.37. The fourth-order valence-corrected chi connectivity index (χ4v) is 2.12. The first-order valence-electron chi connectivity index (χ1n) is 4.89. The summed E-state index contributed by atoms with van der Waals surface area (Å²) in [4.78, 5) is 11.1. The lowest BCUT2D eigenvalue weighted by Crippen LogP contribution is -2.07. The number of rotatable bonds is 3. The van der Waals surface area contributed by atoms with Crippen LogP contribution >= 0.6 is 7.37 Å². The van der Waals surface area contributed by atoms with Crippen LogP contribution in [0.15, 0.2) is 30.3 Å². The van der Waals surface area contributed by atoms with Crippen molar-refractivity contribution < 1.29 is 18.6 Å². The smallest absolute Gasteiger partial charge is 0.316 e. The van der Waals surface area contributed by atoms with E-state index in [0.29, 0.717) is 0 Å². The molecule has 0 amide bonds. The van der Waals surface area contributed by atoms with Gasteiger partial charge in [0.2, 0.25) is 0 Å². The molecule has 4 nitrogen and oxygen atoms in total. The minimum Gasteiger partial charge on any atom is -0.469 e. The second-order valence-electron chi connectivity index (χ2n) is 3.19. The molecular formula is C12H13O4P. The van der Waals surface area contributed by atoms with Crippen molar-refractivity contribution in [3.8, 4) is 11.6 Å². The van der Waals surface area contributed by atoms with Crippen molar-refractivity contribution in [2.24, 2.45) is 0 Å². The van der Waals surface area contributed by atoms with Crippen molar-refractivity contribution in [3.05, 3.63) is 35.9 Å². The largest absolute Gasteiger partial charge is 0.469 e. The molecule has 0 aliphatic carbocycles. The first-order valence-corrected chi connectivity index (χ1v) is 6.70. The summed E-state index contributed by atoms with van der Waals surface area (Å²) >= 11 is 0. The monoisotopic (exact) mass is 252 g/mol. The summed E-state index contributed by atoms with van der Waals surface area (Å²) < 4.78 is 21.3. The number of hydrogen-bond acceptors (Lipinski definition) is 4. The lowest BCUT2D eigenvalue weighted by Gasteiger charge is -2.07. The van der Waals surface area contributed by atoms with E-state index in [1.807, 2.05) is 18.2 Å². The van der Waals surface area contributed by atoms with E-state index in [-0.39, 0.29) is 6.16 Å². The average molecular weight is 252 g/mol. The summed E-state index contributed by atoms with van der Waals surface area (Å²) in [7, 11) is -0.778. The molecule has 0 saturated heterocycles. The quantitative estimate of drug-likeness (QED) is 0.469. The highest BCUT2D eigenvalue weighted by Gasteiger charge is 2.23. The van der Waals surface area contributed by atoms with Crippen LogP contribution in [0.2, 0.25) is 0 Å². The van der Waals surface area contributed by atoms with Gasteiger partial charge in [-0.15, -0.1) is 0 Å². The van der Waals surface area contributed by atoms with Gasteiger partial charge in [-0.2, -0.15) is 0 Å². The van der Waals surface area contributed by atoms with E-state index in [1.54, 1.807) is 12.1 Å². The van der Waals surface area contributed by atoms with Crippen molar-refractivity contribution >= 4 is 13.3 Å². The van der Waals surface area contributed by atoms with Gasteiger partial charge in [0.25, 0.3) is 7.37 Å². The minimum atomic E-state index is -3.27. The zero-order valence-electron chi connectivity index (χ0n) is 9.67. The number of esters is 1. The number of benzene rings is 1. The Morgan fingerprint density at radius 3 is 2.47 bits per heavy atom. The van der Waals surface area contributed by atoms with Gasteiger partial charge in [0.05, 0.1) is 7.11 Å². The van der Waals surface area contributed by atoms with Gasteiger partial charge in [0.15, 0.2) is 0 Å². The molecule has 0 N–H and O–H groups in total. The molecule has 0 saturated carbocycles. The van der Waals surface area contributed by atoms with Crippen LogP contribution in [-0.4, -0.2) is 26.4 Å². The highest BCUT2D eigenvalue weighted by molar-refractivity contribution is 7.65. The highest BCUT2D eigenvalue weighted by atomic mass is 31.2. The number of carbonyl (C=O) groups excluding carboxylic acids is 1. The third-order valence-electron chi connectivity index (χ3n) is 2.00. The lowest BCUT2D eigenvalue weighted by atomic mass is 10.2. The molecule has 1 atom stereocenters. The third-order valence-corrected chi connectivity index (χ3v) is 3.72. The van der Waals surface area contributed by atoms with Crippen LogP contribution in [0, 0.1) is 11.6 Å². The minimum absolute atomic E-state index is 0.333. The Hall–Kier alpha value is -1.56. The molecule has 0 bridgehead atoms. The summed E-state index contributed by atoms with van der Waals surface area (Å²) in [6, 6.07) is 9.07. The molecule has 90 valence electrons. The van der Waals surface area contributed by atoms with Gasteiger partial charge >= 0.3 is 5.97 Å². The van der Waals surface area contributed by atoms with Crippen molar-refractivity contribution in [3.63, 3.8) is 0 Å². The van der Waals surface area contributed by atoms with E-state index in [4.69, 9.17) is 4.52 Å². The van der Waals surface area contributed by atoms with Crippen LogP contribution < -0.4 is 0 Å². The van der Waals surface area contributed by atoms with Gasteiger partial charge < -0.3 is 9.26 Å². The van der Waals surface area contributed by atoms with E-state index in [0.717, 1.165) is 5.56 Å². The van der Waals surface area contributed by atoms with Gasteiger partial charge in [0.1, 0.15) is 6.16 Å². The molecule has 1 rings (SSSR count). The molecule has 1 unspecified atom stereocenters. The van der Waals surface area contributed by atoms with Crippen molar-refractivity contribution in [1.82, 2.24) is 0 Å². The summed E-state index contributed by atoms with van der Waals surface area (Å²) in [5.74, 6) is 2.12. The molecule has 0 aliphatic rings. The SMILES string of the molecule is COC(=O)CP(=O)(C#Cc1ccccc1)OC. The molecule has 0 heterocycles. The zero-order valence-corrected chi connectivity index (χ0v) is 10.6. The summed E-state index contributed by atoms with van der Waals surface area (Å²) in [6.45, 7) is 0. The maximum Gasteiger partial charge on any atom is 0.316 e. The van der Waals surface area contributed by atoms with E-state index in [2.05, 4.69) is 16.3 Å². The summed E-state index contributed by atoms with van der Waals surface area (Å²) in [5.41, 5.74) is 3.23. The predicted molar refractivity (Wildman–Crippen MR) is 64.8 cm³/mol. The number of ether oxygens (including phenoxy) is 1. The van der Waals surface area contributed by atoms with Crippen LogP contribution in [0.5, 0.6) is 0 Å². The Balaban J connectivity index is 2.87. The van der Waals surface area contributed by atoms with Crippen LogP contribution in [0.3, 0.4) is 0 Å². The zero-order chi connectivity index (χ0) is 12.7. The Morgan fingerprint density at radius 2 is 1.94 bits per heavy atom. The summed E-state index contributed by atoms with van der Waals surface area (Å²) in [6.07, 6.45) is -0.333. The summed E-state index contributed by atoms with van der Waals surface area (Å²) in [5, 5.41) is 0. The molecule has 17 heavy (non-hydrogen) atoms.